The van der Waals surface area contributed by atoms with Gasteiger partial charge < -0.3 is 10.2 Å². The molecule has 2 aromatic heterocycles. The molecule has 3 aromatic rings. The SMILES string of the molecule is Cc1nn(-c2ccccc2)c(C)c1NC(=O)CCN1CCN(S(=O)(=O)c2cccnc2)CC1. The maximum absolute atomic E-state index is 12.7. The molecular formula is C23H28N6O3S. The first-order valence-electron chi connectivity index (χ1n) is 10.9. The lowest BCUT2D eigenvalue weighted by atomic mass is 10.2. The van der Waals surface area contributed by atoms with Crippen molar-refractivity contribution in [3.8, 4) is 5.69 Å². The number of aryl methyl sites for hydroxylation is 1. The minimum Gasteiger partial charge on any atom is -0.323 e. The molecule has 1 saturated heterocycles. The number of carbonyl (C=O) groups is 1. The Morgan fingerprint density at radius 2 is 1.76 bits per heavy atom. The zero-order valence-electron chi connectivity index (χ0n) is 18.8. The maximum Gasteiger partial charge on any atom is 0.244 e. The lowest BCUT2D eigenvalue weighted by Crippen LogP contribution is -2.49. The van der Waals surface area contributed by atoms with Crippen LogP contribution < -0.4 is 5.32 Å². The van der Waals surface area contributed by atoms with Gasteiger partial charge in [0.1, 0.15) is 4.90 Å². The molecule has 0 spiro atoms. The van der Waals surface area contributed by atoms with Gasteiger partial charge in [-0.25, -0.2) is 13.1 Å². The van der Waals surface area contributed by atoms with E-state index in [0.717, 1.165) is 22.8 Å². The normalized spacial score (nSPS) is 15.5. The lowest BCUT2D eigenvalue weighted by molar-refractivity contribution is -0.116. The molecule has 0 aliphatic carbocycles. The van der Waals surface area contributed by atoms with E-state index in [1.807, 2.05) is 48.9 Å². The molecule has 1 fully saturated rings. The summed E-state index contributed by atoms with van der Waals surface area (Å²) in [5.74, 6) is -0.0841. The topological polar surface area (TPSA) is 100 Å². The van der Waals surface area contributed by atoms with Crippen LogP contribution >= 0.6 is 0 Å². The number of hydrogen-bond acceptors (Lipinski definition) is 6. The molecule has 0 bridgehead atoms. The number of nitrogens with zero attached hydrogens (tertiary/aromatic N) is 5. The van der Waals surface area contributed by atoms with Crippen molar-refractivity contribution in [3.05, 3.63) is 66.2 Å². The van der Waals surface area contributed by atoms with Crippen LogP contribution in [0.5, 0.6) is 0 Å². The summed E-state index contributed by atoms with van der Waals surface area (Å²) in [7, 11) is -3.53. The standard InChI is InChI=1S/C23H28N6O3S/c1-18-23(19(2)29(26-18)20-7-4-3-5-8-20)25-22(30)10-12-27-13-15-28(16-14-27)33(31,32)21-9-6-11-24-17-21/h3-9,11,17H,10,12-16H2,1-2H3,(H,25,30). The second kappa shape index (κ2) is 9.82. The number of amides is 1. The number of anilines is 1. The predicted octanol–water partition coefficient (Wildman–Crippen LogP) is 2.22. The highest BCUT2D eigenvalue weighted by atomic mass is 32.2. The van der Waals surface area contributed by atoms with E-state index in [1.165, 1.54) is 10.5 Å². The van der Waals surface area contributed by atoms with Gasteiger partial charge >= 0.3 is 0 Å². The first kappa shape index (κ1) is 23.1. The molecule has 10 heteroatoms. The number of carbonyl (C=O) groups excluding carboxylic acids is 1. The van der Waals surface area contributed by atoms with Crippen molar-refractivity contribution in [2.24, 2.45) is 0 Å². The number of hydrogen-bond donors (Lipinski definition) is 1. The first-order chi connectivity index (χ1) is 15.9. The highest BCUT2D eigenvalue weighted by molar-refractivity contribution is 7.89. The van der Waals surface area contributed by atoms with Crippen LogP contribution in [0.4, 0.5) is 5.69 Å². The molecule has 0 radical (unpaired) electrons. The van der Waals surface area contributed by atoms with Crippen molar-refractivity contribution in [2.45, 2.75) is 25.2 Å². The van der Waals surface area contributed by atoms with E-state index in [2.05, 4.69) is 20.3 Å². The summed E-state index contributed by atoms with van der Waals surface area (Å²) in [6.07, 6.45) is 3.25. The van der Waals surface area contributed by atoms with Crippen molar-refractivity contribution in [1.29, 1.82) is 0 Å². The summed E-state index contributed by atoms with van der Waals surface area (Å²) in [6, 6.07) is 13.0. The van der Waals surface area contributed by atoms with Crippen molar-refractivity contribution < 1.29 is 13.2 Å². The Bertz CT molecular complexity index is 1200. The van der Waals surface area contributed by atoms with Crippen molar-refractivity contribution in [2.75, 3.05) is 38.0 Å². The minimum absolute atomic E-state index is 0.0841. The third-order valence-corrected chi connectivity index (χ3v) is 7.70. The molecule has 33 heavy (non-hydrogen) atoms. The van der Waals surface area contributed by atoms with Gasteiger partial charge in [0, 0.05) is 51.5 Å². The van der Waals surface area contributed by atoms with Crippen LogP contribution in [0.2, 0.25) is 0 Å². The van der Waals surface area contributed by atoms with Gasteiger partial charge in [0.05, 0.1) is 22.8 Å². The van der Waals surface area contributed by atoms with Gasteiger partial charge in [-0.2, -0.15) is 9.40 Å². The minimum atomic E-state index is -3.53. The molecule has 4 rings (SSSR count). The van der Waals surface area contributed by atoms with Crippen LogP contribution in [0.25, 0.3) is 5.69 Å². The van der Waals surface area contributed by atoms with Gasteiger partial charge in [-0.1, -0.05) is 18.2 Å². The second-order valence-electron chi connectivity index (χ2n) is 8.03. The zero-order valence-corrected chi connectivity index (χ0v) is 19.6. The number of rotatable bonds is 7. The first-order valence-corrected chi connectivity index (χ1v) is 12.3. The van der Waals surface area contributed by atoms with Crippen LogP contribution in [-0.2, 0) is 14.8 Å². The Balaban J connectivity index is 1.30. The Morgan fingerprint density at radius 3 is 2.42 bits per heavy atom. The maximum atomic E-state index is 12.7. The highest BCUT2D eigenvalue weighted by Crippen LogP contribution is 2.23. The second-order valence-corrected chi connectivity index (χ2v) is 9.96. The number of pyridine rings is 1. The van der Waals surface area contributed by atoms with Gasteiger partial charge in [0.2, 0.25) is 15.9 Å². The quantitative estimate of drug-likeness (QED) is 0.571. The van der Waals surface area contributed by atoms with E-state index in [1.54, 1.807) is 18.3 Å². The fraction of sp³-hybridized carbons (Fsp3) is 0.348. The highest BCUT2D eigenvalue weighted by Gasteiger charge is 2.28. The molecule has 174 valence electrons. The zero-order chi connectivity index (χ0) is 23.4. The van der Waals surface area contributed by atoms with Crippen LogP contribution in [0.1, 0.15) is 17.8 Å². The Kier molecular flexibility index (Phi) is 6.87. The molecule has 0 atom stereocenters. The van der Waals surface area contributed by atoms with E-state index < -0.39 is 10.0 Å². The molecule has 9 nitrogen and oxygen atoms in total. The number of piperazine rings is 1. The number of para-hydroxylation sites is 1. The number of benzene rings is 1. The Morgan fingerprint density at radius 1 is 1.03 bits per heavy atom. The monoisotopic (exact) mass is 468 g/mol. The van der Waals surface area contributed by atoms with E-state index in [4.69, 9.17) is 0 Å². The molecule has 0 saturated carbocycles. The fourth-order valence-corrected chi connectivity index (χ4v) is 5.33. The molecule has 1 aromatic carbocycles. The molecular weight excluding hydrogens is 440 g/mol. The van der Waals surface area contributed by atoms with E-state index >= 15 is 0 Å². The number of nitrogens with one attached hydrogen (secondary N) is 1. The van der Waals surface area contributed by atoms with Crippen LogP contribution in [-0.4, -0.2) is 71.0 Å². The lowest BCUT2D eigenvalue weighted by Gasteiger charge is -2.33. The average Bonchev–Trinajstić information content (AvgIpc) is 3.12. The van der Waals surface area contributed by atoms with Crippen LogP contribution in [0, 0.1) is 13.8 Å². The van der Waals surface area contributed by atoms with Crippen LogP contribution in [0.3, 0.4) is 0 Å². The summed E-state index contributed by atoms with van der Waals surface area (Å²) in [6.45, 7) is 6.32. The fourth-order valence-electron chi connectivity index (χ4n) is 3.95. The molecule has 1 amide bonds. The molecule has 0 unspecified atom stereocenters. The van der Waals surface area contributed by atoms with Crippen molar-refractivity contribution >= 4 is 21.6 Å². The van der Waals surface area contributed by atoms with E-state index in [0.29, 0.717) is 39.1 Å². The predicted molar refractivity (Wildman–Crippen MR) is 126 cm³/mol. The third-order valence-electron chi connectivity index (χ3n) is 5.82. The Hall–Kier alpha value is -3.08. The van der Waals surface area contributed by atoms with Gasteiger partial charge in [-0.3, -0.25) is 9.78 Å². The van der Waals surface area contributed by atoms with E-state index in [-0.39, 0.29) is 10.8 Å². The Labute approximate surface area is 194 Å². The summed E-state index contributed by atoms with van der Waals surface area (Å²) < 4.78 is 28.8. The summed E-state index contributed by atoms with van der Waals surface area (Å²) in [5.41, 5.74) is 3.31. The number of sulfonamides is 1. The molecule has 3 heterocycles. The van der Waals surface area contributed by atoms with Crippen molar-refractivity contribution in [3.63, 3.8) is 0 Å². The van der Waals surface area contributed by atoms with Gasteiger partial charge in [0.25, 0.3) is 0 Å². The molecule has 1 aliphatic rings. The van der Waals surface area contributed by atoms with Gasteiger partial charge in [-0.15, -0.1) is 0 Å². The van der Waals surface area contributed by atoms with Gasteiger partial charge in [0.15, 0.2) is 0 Å². The molecule has 1 aliphatic heterocycles. The summed E-state index contributed by atoms with van der Waals surface area (Å²) in [5, 5.41) is 7.57. The van der Waals surface area contributed by atoms with Crippen LogP contribution in [0.15, 0.2) is 59.8 Å². The van der Waals surface area contributed by atoms with Gasteiger partial charge in [-0.05, 0) is 38.1 Å². The summed E-state index contributed by atoms with van der Waals surface area (Å²) >= 11 is 0. The van der Waals surface area contributed by atoms with E-state index in [9.17, 15) is 13.2 Å². The smallest absolute Gasteiger partial charge is 0.244 e. The average molecular weight is 469 g/mol. The third kappa shape index (κ3) is 5.13. The number of aromatic nitrogens is 3. The molecule has 1 N–H and O–H groups in total. The van der Waals surface area contributed by atoms with Crippen molar-refractivity contribution in [1.82, 2.24) is 24.0 Å². The largest absolute Gasteiger partial charge is 0.323 e. The summed E-state index contributed by atoms with van der Waals surface area (Å²) in [4.78, 5) is 18.9.